The van der Waals surface area contributed by atoms with Gasteiger partial charge in [0.2, 0.25) is 0 Å². The van der Waals surface area contributed by atoms with Crippen LogP contribution in [0.1, 0.15) is 48.6 Å². The summed E-state index contributed by atoms with van der Waals surface area (Å²) in [5.74, 6) is 2.36. The zero-order valence-corrected chi connectivity index (χ0v) is 17.2. The van der Waals surface area contributed by atoms with E-state index in [0.717, 1.165) is 31.3 Å². The lowest BCUT2D eigenvalue weighted by Crippen LogP contribution is -2.28. The molecular formula is C22H34N4O. The number of nitrogens with zero attached hydrogens (tertiary/aromatic N) is 3. The number of benzene rings is 1. The molecule has 0 radical (unpaired) electrons. The fourth-order valence-electron chi connectivity index (χ4n) is 4.31. The number of hydrogen-bond donors (Lipinski definition) is 1. The van der Waals surface area contributed by atoms with E-state index in [0.29, 0.717) is 5.92 Å². The van der Waals surface area contributed by atoms with Crippen molar-refractivity contribution in [2.75, 3.05) is 27.7 Å². The van der Waals surface area contributed by atoms with Crippen molar-refractivity contribution in [3.63, 3.8) is 0 Å². The largest absolute Gasteiger partial charge is 0.497 e. The molecule has 148 valence electrons. The molecule has 3 rings (SSSR count). The molecule has 5 nitrogen and oxygen atoms in total. The SMILES string of the molecule is CNCc1cc(C2CCC(CN(C)Cc3cccc(OC)c3)CC2)nn1C. The van der Waals surface area contributed by atoms with Crippen molar-refractivity contribution in [1.82, 2.24) is 20.0 Å². The molecule has 0 aliphatic heterocycles. The van der Waals surface area contributed by atoms with E-state index in [1.807, 2.05) is 17.8 Å². The van der Waals surface area contributed by atoms with Gasteiger partial charge in [0.05, 0.1) is 18.5 Å². The molecule has 1 N–H and O–H groups in total. The Labute approximate surface area is 163 Å². The summed E-state index contributed by atoms with van der Waals surface area (Å²) in [4.78, 5) is 2.45. The Morgan fingerprint density at radius 2 is 2.00 bits per heavy atom. The lowest BCUT2D eigenvalue weighted by Gasteiger charge is -2.30. The smallest absolute Gasteiger partial charge is 0.119 e. The molecule has 0 saturated heterocycles. The highest BCUT2D eigenvalue weighted by atomic mass is 16.5. The summed E-state index contributed by atoms with van der Waals surface area (Å²) in [5.41, 5.74) is 3.87. The van der Waals surface area contributed by atoms with Gasteiger partial charge in [0.15, 0.2) is 0 Å². The Hall–Kier alpha value is -1.85. The van der Waals surface area contributed by atoms with Crippen LogP contribution < -0.4 is 10.1 Å². The van der Waals surface area contributed by atoms with Crippen LogP contribution in [0.4, 0.5) is 0 Å². The first-order valence-corrected chi connectivity index (χ1v) is 10.1. The molecular weight excluding hydrogens is 336 g/mol. The van der Waals surface area contributed by atoms with E-state index in [-0.39, 0.29) is 0 Å². The topological polar surface area (TPSA) is 42.3 Å². The van der Waals surface area contributed by atoms with Gasteiger partial charge in [-0.05, 0) is 69.5 Å². The molecule has 1 aliphatic carbocycles. The van der Waals surface area contributed by atoms with Gasteiger partial charge in [-0.15, -0.1) is 0 Å². The molecule has 27 heavy (non-hydrogen) atoms. The van der Waals surface area contributed by atoms with Gasteiger partial charge in [-0.25, -0.2) is 0 Å². The molecule has 0 spiro atoms. The van der Waals surface area contributed by atoms with Gasteiger partial charge in [0.1, 0.15) is 5.75 Å². The molecule has 1 aromatic heterocycles. The average Bonchev–Trinajstić information content (AvgIpc) is 3.03. The second-order valence-corrected chi connectivity index (χ2v) is 7.98. The Bertz CT molecular complexity index is 719. The van der Waals surface area contributed by atoms with Crippen LogP contribution in [0.3, 0.4) is 0 Å². The van der Waals surface area contributed by atoms with E-state index in [4.69, 9.17) is 9.84 Å². The maximum atomic E-state index is 5.34. The predicted molar refractivity (Wildman–Crippen MR) is 110 cm³/mol. The lowest BCUT2D eigenvalue weighted by molar-refractivity contribution is 0.217. The molecule has 5 heteroatoms. The van der Waals surface area contributed by atoms with Crippen LogP contribution in [0.2, 0.25) is 0 Å². The number of ether oxygens (including phenoxy) is 1. The van der Waals surface area contributed by atoms with Crippen LogP contribution in [0, 0.1) is 5.92 Å². The second-order valence-electron chi connectivity index (χ2n) is 7.98. The molecule has 1 fully saturated rings. The zero-order valence-electron chi connectivity index (χ0n) is 17.2. The first kappa shape index (κ1) is 19.9. The predicted octanol–water partition coefficient (Wildman–Crippen LogP) is 3.55. The summed E-state index contributed by atoms with van der Waals surface area (Å²) in [5, 5.41) is 7.99. The summed E-state index contributed by atoms with van der Waals surface area (Å²) in [7, 11) is 7.99. The average molecular weight is 371 g/mol. The maximum absolute atomic E-state index is 5.34. The van der Waals surface area contributed by atoms with Crippen molar-refractivity contribution in [2.45, 2.75) is 44.7 Å². The summed E-state index contributed by atoms with van der Waals surface area (Å²) in [6, 6.07) is 10.7. The molecule has 1 saturated carbocycles. The Morgan fingerprint density at radius 3 is 2.70 bits per heavy atom. The lowest BCUT2D eigenvalue weighted by atomic mass is 9.80. The van der Waals surface area contributed by atoms with Gasteiger partial charge in [-0.3, -0.25) is 4.68 Å². The number of hydrogen-bond acceptors (Lipinski definition) is 4. The molecule has 1 heterocycles. The number of aryl methyl sites for hydroxylation is 1. The maximum Gasteiger partial charge on any atom is 0.119 e. The van der Waals surface area contributed by atoms with E-state index in [2.05, 4.69) is 48.6 Å². The number of methoxy groups -OCH3 is 1. The fourth-order valence-corrected chi connectivity index (χ4v) is 4.31. The van der Waals surface area contributed by atoms with Crippen LogP contribution in [0.25, 0.3) is 0 Å². The molecule has 1 aliphatic rings. The van der Waals surface area contributed by atoms with Gasteiger partial charge in [0, 0.05) is 32.6 Å². The van der Waals surface area contributed by atoms with Crippen molar-refractivity contribution in [1.29, 1.82) is 0 Å². The standard InChI is InChI=1S/C22H34N4O/c1-23-14-20-13-22(24-26(20)3)19-10-8-17(9-11-19)15-25(2)16-18-6-5-7-21(12-18)27-4/h5-7,12-13,17,19,23H,8-11,14-16H2,1-4H3. The van der Waals surface area contributed by atoms with Gasteiger partial charge in [-0.1, -0.05) is 12.1 Å². The van der Waals surface area contributed by atoms with E-state index in [1.54, 1.807) is 7.11 Å². The van der Waals surface area contributed by atoms with Crippen LogP contribution in [-0.4, -0.2) is 42.4 Å². The summed E-state index contributed by atoms with van der Waals surface area (Å²) in [6.45, 7) is 3.02. The summed E-state index contributed by atoms with van der Waals surface area (Å²) >= 11 is 0. The molecule has 0 atom stereocenters. The number of aromatic nitrogens is 2. The van der Waals surface area contributed by atoms with E-state index >= 15 is 0 Å². The Kier molecular flexibility index (Phi) is 6.91. The molecule has 0 unspecified atom stereocenters. The van der Waals surface area contributed by atoms with Crippen molar-refractivity contribution in [3.8, 4) is 5.75 Å². The number of nitrogens with one attached hydrogen (secondary N) is 1. The van der Waals surface area contributed by atoms with Crippen LogP contribution in [0.5, 0.6) is 5.75 Å². The highest BCUT2D eigenvalue weighted by Gasteiger charge is 2.25. The first-order valence-electron chi connectivity index (χ1n) is 10.1. The minimum Gasteiger partial charge on any atom is -0.497 e. The van der Waals surface area contributed by atoms with E-state index < -0.39 is 0 Å². The van der Waals surface area contributed by atoms with Crippen LogP contribution in [-0.2, 0) is 20.1 Å². The van der Waals surface area contributed by atoms with Crippen LogP contribution in [0.15, 0.2) is 30.3 Å². The summed E-state index contributed by atoms with van der Waals surface area (Å²) in [6.07, 6.45) is 5.11. The fraction of sp³-hybridized carbons (Fsp3) is 0.591. The molecule has 0 amide bonds. The third kappa shape index (κ3) is 5.33. The highest BCUT2D eigenvalue weighted by molar-refractivity contribution is 5.28. The monoisotopic (exact) mass is 370 g/mol. The van der Waals surface area contributed by atoms with Gasteiger partial charge >= 0.3 is 0 Å². The zero-order chi connectivity index (χ0) is 19.2. The summed E-state index contributed by atoms with van der Waals surface area (Å²) < 4.78 is 7.36. The molecule has 0 bridgehead atoms. The van der Waals surface area contributed by atoms with Crippen LogP contribution >= 0.6 is 0 Å². The second kappa shape index (κ2) is 9.38. The van der Waals surface area contributed by atoms with Gasteiger partial charge in [0.25, 0.3) is 0 Å². The molecule has 2 aromatic rings. The van der Waals surface area contributed by atoms with Crippen molar-refractivity contribution in [2.24, 2.45) is 13.0 Å². The minimum absolute atomic E-state index is 0.627. The third-order valence-electron chi connectivity index (χ3n) is 5.78. The first-order chi connectivity index (χ1) is 13.1. The third-order valence-corrected chi connectivity index (χ3v) is 5.78. The van der Waals surface area contributed by atoms with Crippen molar-refractivity contribution >= 4 is 0 Å². The van der Waals surface area contributed by atoms with Crippen molar-refractivity contribution < 1.29 is 4.74 Å². The molecule has 1 aromatic carbocycles. The Morgan fingerprint density at radius 1 is 1.22 bits per heavy atom. The van der Waals surface area contributed by atoms with Gasteiger partial charge in [-0.2, -0.15) is 5.10 Å². The highest BCUT2D eigenvalue weighted by Crippen LogP contribution is 2.35. The minimum atomic E-state index is 0.627. The van der Waals surface area contributed by atoms with E-state index in [1.165, 1.54) is 42.6 Å². The van der Waals surface area contributed by atoms with Crippen molar-refractivity contribution in [3.05, 3.63) is 47.3 Å². The number of rotatable bonds is 8. The van der Waals surface area contributed by atoms with Gasteiger partial charge < -0.3 is 15.0 Å². The Balaban J connectivity index is 1.48. The quantitative estimate of drug-likeness (QED) is 0.772. The normalized spacial score (nSPS) is 20.2. The van der Waals surface area contributed by atoms with E-state index in [9.17, 15) is 0 Å².